The Bertz CT molecular complexity index is 808. The molecular formula is C15H14N2O3S. The second-order valence-electron chi connectivity index (χ2n) is 4.65. The molecule has 108 valence electrons. The quantitative estimate of drug-likeness (QED) is 0.849. The molecule has 0 saturated heterocycles. The SMILES string of the molecule is Cc1ccc(O)c(NS(=O)(=O)Cc2ccccc2C#N)c1. The number of phenols is 1. The van der Waals surface area contributed by atoms with Crippen LogP contribution in [0.3, 0.4) is 0 Å². The van der Waals surface area contributed by atoms with E-state index in [4.69, 9.17) is 5.26 Å². The molecule has 0 bridgehead atoms. The zero-order valence-corrected chi connectivity index (χ0v) is 12.2. The maximum absolute atomic E-state index is 12.2. The molecule has 0 aliphatic rings. The van der Waals surface area contributed by atoms with E-state index in [0.717, 1.165) is 5.56 Å². The summed E-state index contributed by atoms with van der Waals surface area (Å²) in [5.74, 6) is -0.470. The molecule has 0 aromatic heterocycles. The first kappa shape index (κ1) is 14.9. The van der Waals surface area contributed by atoms with Crippen LogP contribution in [0.4, 0.5) is 5.69 Å². The number of aryl methyl sites for hydroxylation is 1. The average molecular weight is 302 g/mol. The molecule has 0 spiro atoms. The van der Waals surface area contributed by atoms with E-state index in [0.29, 0.717) is 11.1 Å². The summed E-state index contributed by atoms with van der Waals surface area (Å²) in [5, 5.41) is 18.7. The van der Waals surface area contributed by atoms with Gasteiger partial charge in [-0.2, -0.15) is 5.26 Å². The third kappa shape index (κ3) is 3.74. The van der Waals surface area contributed by atoms with E-state index in [1.54, 1.807) is 43.3 Å². The average Bonchev–Trinajstić information content (AvgIpc) is 2.43. The largest absolute Gasteiger partial charge is 0.506 e. The van der Waals surface area contributed by atoms with Crippen LogP contribution in [0.1, 0.15) is 16.7 Å². The van der Waals surface area contributed by atoms with Crippen molar-refractivity contribution in [1.29, 1.82) is 5.26 Å². The van der Waals surface area contributed by atoms with Crippen LogP contribution in [-0.4, -0.2) is 13.5 Å². The van der Waals surface area contributed by atoms with Gasteiger partial charge >= 0.3 is 0 Å². The number of hydrogen-bond donors (Lipinski definition) is 2. The van der Waals surface area contributed by atoms with Crippen molar-refractivity contribution in [2.75, 3.05) is 4.72 Å². The summed E-state index contributed by atoms with van der Waals surface area (Å²) in [4.78, 5) is 0. The lowest BCUT2D eigenvalue weighted by atomic mass is 10.1. The molecule has 21 heavy (non-hydrogen) atoms. The van der Waals surface area contributed by atoms with Crippen LogP contribution in [0.25, 0.3) is 0 Å². The molecule has 0 amide bonds. The number of nitriles is 1. The van der Waals surface area contributed by atoms with Gasteiger partial charge in [0.25, 0.3) is 0 Å². The Kier molecular flexibility index (Phi) is 4.15. The number of rotatable bonds is 4. The Balaban J connectivity index is 2.27. The van der Waals surface area contributed by atoms with Gasteiger partial charge < -0.3 is 5.11 Å². The first-order valence-electron chi connectivity index (χ1n) is 6.19. The Morgan fingerprint density at radius 2 is 1.95 bits per heavy atom. The van der Waals surface area contributed by atoms with Gasteiger partial charge in [0.1, 0.15) is 5.75 Å². The van der Waals surface area contributed by atoms with Crippen LogP contribution < -0.4 is 4.72 Å². The molecule has 5 nitrogen and oxygen atoms in total. The molecule has 2 rings (SSSR count). The van der Waals surface area contributed by atoms with Gasteiger partial charge in [-0.15, -0.1) is 0 Å². The van der Waals surface area contributed by atoms with Gasteiger partial charge in [0.2, 0.25) is 10.0 Å². The van der Waals surface area contributed by atoms with Crippen LogP contribution in [0.15, 0.2) is 42.5 Å². The van der Waals surface area contributed by atoms with Crippen molar-refractivity contribution in [3.8, 4) is 11.8 Å². The Labute approximate surface area is 123 Å². The van der Waals surface area contributed by atoms with Crippen LogP contribution in [0.5, 0.6) is 5.75 Å². The van der Waals surface area contributed by atoms with E-state index in [2.05, 4.69) is 4.72 Å². The topological polar surface area (TPSA) is 90.2 Å². The van der Waals surface area contributed by atoms with Crippen LogP contribution in [-0.2, 0) is 15.8 Å². The van der Waals surface area contributed by atoms with Gasteiger partial charge in [-0.25, -0.2) is 8.42 Å². The lowest BCUT2D eigenvalue weighted by Crippen LogP contribution is -2.16. The monoisotopic (exact) mass is 302 g/mol. The highest BCUT2D eigenvalue weighted by atomic mass is 32.2. The van der Waals surface area contributed by atoms with E-state index in [1.807, 2.05) is 6.07 Å². The first-order chi connectivity index (χ1) is 9.91. The van der Waals surface area contributed by atoms with Crippen LogP contribution >= 0.6 is 0 Å². The number of benzene rings is 2. The van der Waals surface area contributed by atoms with E-state index >= 15 is 0 Å². The number of anilines is 1. The van der Waals surface area contributed by atoms with Gasteiger partial charge in [0.15, 0.2) is 0 Å². The summed E-state index contributed by atoms with van der Waals surface area (Å²) in [6, 6.07) is 13.1. The van der Waals surface area contributed by atoms with Gasteiger partial charge in [0, 0.05) is 0 Å². The summed E-state index contributed by atoms with van der Waals surface area (Å²) in [5.41, 5.74) is 1.68. The van der Waals surface area contributed by atoms with E-state index in [-0.39, 0.29) is 17.2 Å². The molecule has 0 heterocycles. The minimum Gasteiger partial charge on any atom is -0.506 e. The van der Waals surface area contributed by atoms with Crippen LogP contribution in [0.2, 0.25) is 0 Å². The molecule has 2 N–H and O–H groups in total. The van der Waals surface area contributed by atoms with Crippen molar-refractivity contribution in [3.05, 3.63) is 59.2 Å². The third-order valence-corrected chi connectivity index (χ3v) is 4.12. The van der Waals surface area contributed by atoms with Crippen molar-refractivity contribution < 1.29 is 13.5 Å². The smallest absolute Gasteiger partial charge is 0.237 e. The predicted octanol–water partition coefficient (Wildman–Crippen LogP) is 2.51. The fraction of sp³-hybridized carbons (Fsp3) is 0.133. The molecule has 0 unspecified atom stereocenters. The van der Waals surface area contributed by atoms with Gasteiger partial charge in [-0.1, -0.05) is 24.3 Å². The number of nitrogens with zero attached hydrogens (tertiary/aromatic N) is 1. The second-order valence-corrected chi connectivity index (χ2v) is 6.37. The van der Waals surface area contributed by atoms with Crippen LogP contribution in [0, 0.1) is 18.3 Å². The lowest BCUT2D eigenvalue weighted by molar-refractivity contribution is 0.477. The van der Waals surface area contributed by atoms with Gasteiger partial charge in [-0.05, 0) is 36.2 Å². The zero-order valence-electron chi connectivity index (χ0n) is 11.4. The Hall–Kier alpha value is -2.52. The summed E-state index contributed by atoms with van der Waals surface area (Å²) < 4.78 is 26.7. The number of phenolic OH excluding ortho intramolecular Hbond substituents is 1. The Morgan fingerprint density at radius 3 is 2.67 bits per heavy atom. The molecular weight excluding hydrogens is 288 g/mol. The Morgan fingerprint density at radius 1 is 1.24 bits per heavy atom. The molecule has 0 aliphatic carbocycles. The number of aromatic hydroxyl groups is 1. The van der Waals surface area contributed by atoms with Crippen molar-refractivity contribution >= 4 is 15.7 Å². The first-order valence-corrected chi connectivity index (χ1v) is 7.84. The zero-order chi connectivity index (χ0) is 15.5. The number of hydrogen-bond acceptors (Lipinski definition) is 4. The van der Waals surface area contributed by atoms with Crippen molar-refractivity contribution in [1.82, 2.24) is 0 Å². The molecule has 2 aromatic carbocycles. The maximum atomic E-state index is 12.2. The molecule has 0 aliphatic heterocycles. The van der Waals surface area contributed by atoms with E-state index in [9.17, 15) is 13.5 Å². The maximum Gasteiger partial charge on any atom is 0.237 e. The summed E-state index contributed by atoms with van der Waals surface area (Å²) in [6.45, 7) is 1.79. The van der Waals surface area contributed by atoms with Crippen molar-refractivity contribution in [2.45, 2.75) is 12.7 Å². The number of sulfonamides is 1. The summed E-state index contributed by atoms with van der Waals surface area (Å²) in [6.07, 6.45) is 0. The van der Waals surface area contributed by atoms with Crippen molar-refractivity contribution in [2.24, 2.45) is 0 Å². The molecule has 2 aromatic rings. The fourth-order valence-electron chi connectivity index (χ4n) is 1.90. The van der Waals surface area contributed by atoms with E-state index < -0.39 is 10.0 Å². The lowest BCUT2D eigenvalue weighted by Gasteiger charge is -2.11. The minimum absolute atomic E-state index is 0.129. The fourth-order valence-corrected chi connectivity index (χ4v) is 3.13. The summed E-state index contributed by atoms with van der Waals surface area (Å²) >= 11 is 0. The highest BCUT2D eigenvalue weighted by molar-refractivity contribution is 7.91. The summed E-state index contributed by atoms with van der Waals surface area (Å²) in [7, 11) is -3.72. The van der Waals surface area contributed by atoms with E-state index in [1.165, 1.54) is 6.07 Å². The molecule has 0 fully saturated rings. The van der Waals surface area contributed by atoms with Crippen molar-refractivity contribution in [3.63, 3.8) is 0 Å². The highest BCUT2D eigenvalue weighted by Crippen LogP contribution is 2.25. The minimum atomic E-state index is -3.72. The molecule has 0 atom stereocenters. The second kappa shape index (κ2) is 5.85. The molecule has 0 radical (unpaired) electrons. The highest BCUT2D eigenvalue weighted by Gasteiger charge is 2.16. The predicted molar refractivity (Wildman–Crippen MR) is 80.2 cm³/mol. The number of nitrogens with one attached hydrogen (secondary N) is 1. The third-order valence-electron chi connectivity index (χ3n) is 2.90. The standard InChI is InChI=1S/C15H14N2O3S/c1-11-6-7-15(18)14(8-11)17-21(19,20)10-13-5-3-2-4-12(13)9-16/h2-8,17-18H,10H2,1H3. The van der Waals surface area contributed by atoms with Gasteiger partial charge in [-0.3, -0.25) is 4.72 Å². The van der Waals surface area contributed by atoms with Gasteiger partial charge in [0.05, 0.1) is 23.1 Å². The molecule has 0 saturated carbocycles. The normalized spacial score (nSPS) is 10.9. The molecule has 6 heteroatoms.